The average Bonchev–Trinajstić information content (AvgIpc) is 2.98. The molecule has 0 amide bonds. The maximum Gasteiger partial charge on any atom is 0.270 e. The lowest BCUT2D eigenvalue weighted by molar-refractivity contribution is -0.384. The Morgan fingerprint density at radius 3 is 2.68 bits per heavy atom. The molecule has 22 heavy (non-hydrogen) atoms. The summed E-state index contributed by atoms with van der Waals surface area (Å²) in [7, 11) is 0. The fourth-order valence-electron chi connectivity index (χ4n) is 2.11. The number of benzene rings is 2. The Balaban J connectivity index is 1.83. The molecular weight excluding hydrogens is 302 g/mol. The molecule has 3 rings (SSSR count). The summed E-state index contributed by atoms with van der Waals surface area (Å²) in [5, 5.41) is 25.5. The maximum absolute atomic E-state index is 10.9. The lowest BCUT2D eigenvalue weighted by atomic mass is 10.2. The van der Waals surface area contributed by atoms with Gasteiger partial charge in [-0.3, -0.25) is 15.5 Å². The van der Waals surface area contributed by atoms with Crippen LogP contribution in [0.15, 0.2) is 47.6 Å². The van der Waals surface area contributed by atoms with Gasteiger partial charge in [-0.15, -0.1) is 0 Å². The first-order chi connectivity index (χ1) is 10.5. The van der Waals surface area contributed by atoms with Crippen molar-refractivity contribution in [3.05, 3.63) is 69.3 Å². The number of aromatic hydroxyl groups is 1. The van der Waals surface area contributed by atoms with E-state index in [4.69, 9.17) is 0 Å². The Kier molecular flexibility index (Phi) is 3.72. The van der Waals surface area contributed by atoms with Gasteiger partial charge in [-0.05, 0) is 13.0 Å². The zero-order valence-corrected chi connectivity index (χ0v) is 12.5. The Hall–Kier alpha value is -2.54. The van der Waals surface area contributed by atoms with Gasteiger partial charge in [0.15, 0.2) is 0 Å². The van der Waals surface area contributed by atoms with Gasteiger partial charge in [-0.2, -0.15) is 5.10 Å². The summed E-state index contributed by atoms with van der Waals surface area (Å²) >= 11 is 1.41. The van der Waals surface area contributed by atoms with Gasteiger partial charge < -0.3 is 5.11 Å². The highest BCUT2D eigenvalue weighted by Crippen LogP contribution is 2.39. The molecular formula is C15H13N3O3S. The van der Waals surface area contributed by atoms with E-state index in [0.29, 0.717) is 5.56 Å². The molecule has 0 bridgehead atoms. The number of non-ortho nitro benzene ring substituents is 1. The fraction of sp³-hybridized carbons (Fsp3) is 0.133. The number of hydrogen-bond donors (Lipinski definition) is 2. The number of hydrazone groups is 1. The van der Waals surface area contributed by atoms with Crippen LogP contribution >= 0.6 is 11.8 Å². The van der Waals surface area contributed by atoms with Crippen LogP contribution in [0.5, 0.6) is 5.75 Å². The molecule has 2 aromatic carbocycles. The van der Waals surface area contributed by atoms with E-state index < -0.39 is 4.92 Å². The standard InChI is InChI=1S/C15H13N3O3S/c1-9-2-4-10(5-3-9)14-16-17-15(22-14)12-8-11(18(20)21)6-7-13(12)19/h2-8,15,17,19H,1H3/t15-/m0/s1. The summed E-state index contributed by atoms with van der Waals surface area (Å²) in [5.41, 5.74) is 5.43. The molecule has 7 heteroatoms. The number of nitrogens with one attached hydrogen (secondary N) is 1. The highest BCUT2D eigenvalue weighted by Gasteiger charge is 2.26. The quantitative estimate of drug-likeness (QED) is 0.670. The van der Waals surface area contributed by atoms with E-state index in [-0.39, 0.29) is 16.8 Å². The lowest BCUT2D eigenvalue weighted by Gasteiger charge is -2.11. The molecule has 0 spiro atoms. The second kappa shape index (κ2) is 5.69. The second-order valence-corrected chi connectivity index (χ2v) is 6.00. The van der Waals surface area contributed by atoms with Gasteiger partial charge in [0.1, 0.15) is 16.2 Å². The number of hydrogen-bond acceptors (Lipinski definition) is 6. The van der Waals surface area contributed by atoms with Gasteiger partial charge >= 0.3 is 0 Å². The molecule has 0 fully saturated rings. The normalized spacial score (nSPS) is 17.0. The average molecular weight is 315 g/mol. The third kappa shape index (κ3) is 2.75. The molecule has 0 aliphatic carbocycles. The topological polar surface area (TPSA) is 87.8 Å². The minimum atomic E-state index is -0.482. The molecule has 0 saturated carbocycles. The van der Waals surface area contributed by atoms with Crippen LogP contribution in [0.3, 0.4) is 0 Å². The van der Waals surface area contributed by atoms with Crippen LogP contribution in [-0.2, 0) is 0 Å². The summed E-state index contributed by atoms with van der Waals surface area (Å²) in [6, 6.07) is 11.9. The van der Waals surface area contributed by atoms with Crippen molar-refractivity contribution in [2.75, 3.05) is 0 Å². The molecule has 1 atom stereocenters. The highest BCUT2D eigenvalue weighted by molar-refractivity contribution is 8.14. The van der Waals surface area contributed by atoms with E-state index in [1.807, 2.05) is 31.2 Å². The molecule has 0 saturated heterocycles. The van der Waals surface area contributed by atoms with Crippen LogP contribution in [0.2, 0.25) is 0 Å². The molecule has 112 valence electrons. The molecule has 0 radical (unpaired) electrons. The molecule has 6 nitrogen and oxygen atoms in total. The Morgan fingerprint density at radius 1 is 1.27 bits per heavy atom. The second-order valence-electron chi connectivity index (χ2n) is 4.91. The van der Waals surface area contributed by atoms with Crippen LogP contribution < -0.4 is 5.43 Å². The first-order valence-corrected chi connectivity index (χ1v) is 7.47. The Labute approximate surface area is 131 Å². The number of aryl methyl sites for hydroxylation is 1. The van der Waals surface area contributed by atoms with Crippen LogP contribution in [0, 0.1) is 17.0 Å². The van der Waals surface area contributed by atoms with Gasteiger partial charge in [-0.1, -0.05) is 41.6 Å². The van der Waals surface area contributed by atoms with Crippen molar-refractivity contribution in [2.24, 2.45) is 5.10 Å². The number of phenolic OH excluding ortho intramolecular Hbond substituents is 1. The lowest BCUT2D eigenvalue weighted by Crippen LogP contribution is -2.07. The van der Waals surface area contributed by atoms with E-state index >= 15 is 0 Å². The van der Waals surface area contributed by atoms with Crippen LogP contribution in [0.25, 0.3) is 0 Å². The van der Waals surface area contributed by atoms with Gasteiger partial charge in [-0.25, -0.2) is 0 Å². The summed E-state index contributed by atoms with van der Waals surface area (Å²) in [6.07, 6.45) is 0. The summed E-state index contributed by atoms with van der Waals surface area (Å²) in [5.74, 6) is 0.0101. The number of rotatable bonds is 3. The largest absolute Gasteiger partial charge is 0.508 e. The van der Waals surface area contributed by atoms with Crippen LogP contribution in [0.1, 0.15) is 22.1 Å². The Bertz CT molecular complexity index is 759. The third-order valence-electron chi connectivity index (χ3n) is 3.32. The monoisotopic (exact) mass is 315 g/mol. The fourth-order valence-corrected chi connectivity index (χ4v) is 3.13. The highest BCUT2D eigenvalue weighted by atomic mass is 32.2. The SMILES string of the molecule is Cc1ccc(C2=NN[C@H](c3cc([N+](=O)[O-])ccc3O)S2)cc1. The molecule has 0 aromatic heterocycles. The van der Waals surface area contributed by atoms with E-state index in [1.165, 1.54) is 30.0 Å². The van der Waals surface area contributed by atoms with Crippen molar-refractivity contribution in [2.45, 2.75) is 12.3 Å². The van der Waals surface area contributed by atoms with Crippen LogP contribution in [-0.4, -0.2) is 15.1 Å². The molecule has 2 N–H and O–H groups in total. The number of nitro benzene ring substituents is 1. The van der Waals surface area contributed by atoms with Gasteiger partial charge in [0.25, 0.3) is 5.69 Å². The number of nitro groups is 1. The van der Waals surface area contributed by atoms with E-state index in [9.17, 15) is 15.2 Å². The summed E-state index contributed by atoms with van der Waals surface area (Å²) in [4.78, 5) is 10.4. The molecule has 0 unspecified atom stereocenters. The smallest absolute Gasteiger partial charge is 0.270 e. The van der Waals surface area contributed by atoms with Crippen molar-refractivity contribution in [1.29, 1.82) is 0 Å². The minimum Gasteiger partial charge on any atom is -0.508 e. The van der Waals surface area contributed by atoms with Crippen molar-refractivity contribution in [3.8, 4) is 5.75 Å². The molecule has 1 aliphatic rings. The Morgan fingerprint density at radius 2 is 2.00 bits per heavy atom. The number of thioether (sulfide) groups is 1. The first kappa shape index (κ1) is 14.4. The van der Waals surface area contributed by atoms with Crippen molar-refractivity contribution in [3.63, 3.8) is 0 Å². The zero-order chi connectivity index (χ0) is 15.7. The zero-order valence-electron chi connectivity index (χ0n) is 11.7. The summed E-state index contributed by atoms with van der Waals surface area (Å²) in [6.45, 7) is 2.01. The van der Waals surface area contributed by atoms with Crippen molar-refractivity contribution < 1.29 is 10.0 Å². The maximum atomic E-state index is 10.9. The van der Waals surface area contributed by atoms with Gasteiger partial charge in [0.05, 0.1) is 4.92 Å². The minimum absolute atomic E-state index is 0.0101. The predicted molar refractivity (Wildman–Crippen MR) is 85.9 cm³/mol. The number of nitrogens with zero attached hydrogens (tertiary/aromatic N) is 2. The first-order valence-electron chi connectivity index (χ1n) is 6.59. The number of phenols is 1. The van der Waals surface area contributed by atoms with Crippen LogP contribution in [0.4, 0.5) is 5.69 Å². The molecule has 2 aromatic rings. The predicted octanol–water partition coefficient (Wildman–Crippen LogP) is 3.31. The van der Waals surface area contributed by atoms with E-state index in [2.05, 4.69) is 10.5 Å². The van der Waals surface area contributed by atoms with Crippen molar-refractivity contribution in [1.82, 2.24) is 5.43 Å². The van der Waals surface area contributed by atoms with Gasteiger partial charge in [0.2, 0.25) is 0 Å². The summed E-state index contributed by atoms with van der Waals surface area (Å²) < 4.78 is 0. The van der Waals surface area contributed by atoms with E-state index in [0.717, 1.165) is 16.2 Å². The molecule has 1 aliphatic heterocycles. The third-order valence-corrected chi connectivity index (χ3v) is 4.46. The van der Waals surface area contributed by atoms with Crippen molar-refractivity contribution >= 4 is 22.5 Å². The molecule has 1 heterocycles. The van der Waals surface area contributed by atoms with Gasteiger partial charge in [0, 0.05) is 23.3 Å². The van der Waals surface area contributed by atoms with E-state index in [1.54, 1.807) is 0 Å².